The summed E-state index contributed by atoms with van der Waals surface area (Å²) < 4.78 is 10.8. The normalized spacial score (nSPS) is 15.2. The molecule has 1 heterocycles. The second-order valence-corrected chi connectivity index (χ2v) is 6.15. The zero-order chi connectivity index (χ0) is 18.1. The molecule has 1 aliphatic heterocycles. The molecule has 0 unspecified atom stereocenters. The molecule has 0 aliphatic carbocycles. The highest BCUT2D eigenvalue weighted by molar-refractivity contribution is 14.0. The molecule has 7 heteroatoms. The van der Waals surface area contributed by atoms with E-state index in [0.29, 0.717) is 19.8 Å². The average Bonchev–Trinajstić information content (AvgIpc) is 2.64. The van der Waals surface area contributed by atoms with E-state index in [0.717, 1.165) is 37.6 Å². The number of aryl methyl sites for hydroxylation is 1. The standard InChI is InChI=1S/C19H29N3O3.HI/c1-4-24-18(23)16-9-12-22(13-10-16)19(20-3)21-11-14-25-17-7-5-15(2)6-8-17;/h5-8,16H,4,9-14H2,1-3H3,(H,20,21);1H. The highest BCUT2D eigenvalue weighted by Gasteiger charge is 2.27. The number of guanidine groups is 1. The smallest absolute Gasteiger partial charge is 0.309 e. The molecule has 0 saturated carbocycles. The number of carbonyl (C=O) groups is 1. The number of halogens is 1. The first kappa shape index (κ1) is 22.5. The average molecular weight is 475 g/mol. The molecule has 1 aromatic rings. The number of nitrogens with zero attached hydrogens (tertiary/aromatic N) is 2. The van der Waals surface area contributed by atoms with Gasteiger partial charge < -0.3 is 19.7 Å². The van der Waals surface area contributed by atoms with Crippen LogP contribution < -0.4 is 10.1 Å². The van der Waals surface area contributed by atoms with Gasteiger partial charge in [0.1, 0.15) is 12.4 Å². The van der Waals surface area contributed by atoms with E-state index in [1.807, 2.05) is 31.2 Å². The Morgan fingerprint density at radius 1 is 1.27 bits per heavy atom. The van der Waals surface area contributed by atoms with E-state index in [1.165, 1.54) is 5.56 Å². The predicted octanol–water partition coefficient (Wildman–Crippen LogP) is 2.84. The van der Waals surface area contributed by atoms with Crippen LogP contribution in [0, 0.1) is 12.8 Å². The van der Waals surface area contributed by atoms with Gasteiger partial charge in [0, 0.05) is 20.1 Å². The summed E-state index contributed by atoms with van der Waals surface area (Å²) >= 11 is 0. The largest absolute Gasteiger partial charge is 0.492 e. The first-order chi connectivity index (χ1) is 12.1. The number of carbonyl (C=O) groups excluding carboxylic acids is 1. The number of aliphatic imine (C=N–C) groups is 1. The Balaban J connectivity index is 0.00000338. The van der Waals surface area contributed by atoms with Crippen molar-refractivity contribution in [1.82, 2.24) is 10.2 Å². The Hall–Kier alpha value is -1.51. The van der Waals surface area contributed by atoms with Crippen molar-refractivity contribution in [2.45, 2.75) is 26.7 Å². The quantitative estimate of drug-likeness (QED) is 0.226. The van der Waals surface area contributed by atoms with Gasteiger partial charge >= 0.3 is 5.97 Å². The molecule has 0 aromatic heterocycles. The Morgan fingerprint density at radius 2 is 1.92 bits per heavy atom. The first-order valence-corrected chi connectivity index (χ1v) is 8.95. The highest BCUT2D eigenvalue weighted by Crippen LogP contribution is 2.18. The van der Waals surface area contributed by atoms with Crippen molar-refractivity contribution in [3.8, 4) is 5.75 Å². The second kappa shape index (κ2) is 12.0. The lowest BCUT2D eigenvalue weighted by molar-refractivity contribution is -0.149. The van der Waals surface area contributed by atoms with Crippen LogP contribution in [0.1, 0.15) is 25.3 Å². The van der Waals surface area contributed by atoms with Crippen LogP contribution in [0.4, 0.5) is 0 Å². The molecule has 1 fully saturated rings. The molecule has 146 valence electrons. The molecular weight excluding hydrogens is 445 g/mol. The summed E-state index contributed by atoms with van der Waals surface area (Å²) in [5.74, 6) is 1.67. The lowest BCUT2D eigenvalue weighted by Gasteiger charge is -2.33. The third-order valence-electron chi connectivity index (χ3n) is 4.30. The van der Waals surface area contributed by atoms with Gasteiger partial charge in [0.15, 0.2) is 5.96 Å². The van der Waals surface area contributed by atoms with Crippen LogP contribution in [0.25, 0.3) is 0 Å². The summed E-state index contributed by atoms with van der Waals surface area (Å²) in [6.45, 7) is 7.21. The maximum Gasteiger partial charge on any atom is 0.309 e. The molecule has 1 aliphatic rings. The molecule has 0 spiro atoms. The summed E-state index contributed by atoms with van der Waals surface area (Å²) in [6.07, 6.45) is 1.61. The van der Waals surface area contributed by atoms with E-state index >= 15 is 0 Å². The minimum absolute atomic E-state index is 0. The number of ether oxygens (including phenoxy) is 2. The van der Waals surface area contributed by atoms with Crippen molar-refractivity contribution in [3.63, 3.8) is 0 Å². The maximum atomic E-state index is 11.8. The van der Waals surface area contributed by atoms with E-state index in [9.17, 15) is 4.79 Å². The highest BCUT2D eigenvalue weighted by atomic mass is 127. The fraction of sp³-hybridized carbons (Fsp3) is 0.579. The van der Waals surface area contributed by atoms with Crippen LogP contribution in [0.2, 0.25) is 0 Å². The number of likely N-dealkylation sites (tertiary alicyclic amines) is 1. The lowest BCUT2D eigenvalue weighted by Crippen LogP contribution is -2.47. The van der Waals surface area contributed by atoms with Gasteiger partial charge in [-0.15, -0.1) is 24.0 Å². The zero-order valence-corrected chi connectivity index (χ0v) is 18.2. The van der Waals surface area contributed by atoms with Gasteiger partial charge in [-0.25, -0.2) is 0 Å². The third kappa shape index (κ3) is 7.01. The van der Waals surface area contributed by atoms with Crippen molar-refractivity contribution in [1.29, 1.82) is 0 Å². The molecule has 6 nitrogen and oxygen atoms in total. The Labute approximate surface area is 173 Å². The van der Waals surface area contributed by atoms with Crippen molar-refractivity contribution >= 4 is 35.9 Å². The number of hydrogen-bond donors (Lipinski definition) is 1. The number of benzene rings is 1. The predicted molar refractivity (Wildman–Crippen MR) is 114 cm³/mol. The lowest BCUT2D eigenvalue weighted by atomic mass is 9.97. The van der Waals surface area contributed by atoms with Gasteiger partial charge in [-0.05, 0) is 38.8 Å². The molecule has 0 bridgehead atoms. The van der Waals surface area contributed by atoms with Crippen LogP contribution in [0.15, 0.2) is 29.3 Å². The monoisotopic (exact) mass is 475 g/mol. The summed E-state index contributed by atoms with van der Waals surface area (Å²) in [5, 5.41) is 3.32. The van der Waals surface area contributed by atoms with Gasteiger partial charge in [0.2, 0.25) is 0 Å². The Bertz CT molecular complexity index is 570. The fourth-order valence-corrected chi connectivity index (χ4v) is 2.89. The molecular formula is C19H30IN3O3. The van der Waals surface area contributed by atoms with Gasteiger partial charge in [-0.3, -0.25) is 9.79 Å². The number of rotatable bonds is 6. The first-order valence-electron chi connectivity index (χ1n) is 8.95. The minimum Gasteiger partial charge on any atom is -0.492 e. The van der Waals surface area contributed by atoms with E-state index < -0.39 is 0 Å². The van der Waals surface area contributed by atoms with Gasteiger partial charge in [0.05, 0.1) is 19.1 Å². The van der Waals surface area contributed by atoms with Gasteiger partial charge in [0.25, 0.3) is 0 Å². The third-order valence-corrected chi connectivity index (χ3v) is 4.30. The topological polar surface area (TPSA) is 63.2 Å². The van der Waals surface area contributed by atoms with Crippen molar-refractivity contribution in [2.75, 3.05) is 39.9 Å². The van der Waals surface area contributed by atoms with Crippen LogP contribution >= 0.6 is 24.0 Å². The van der Waals surface area contributed by atoms with Gasteiger partial charge in [-0.2, -0.15) is 0 Å². The van der Waals surface area contributed by atoms with Crippen molar-refractivity contribution in [3.05, 3.63) is 29.8 Å². The van der Waals surface area contributed by atoms with E-state index in [4.69, 9.17) is 9.47 Å². The second-order valence-electron chi connectivity index (χ2n) is 6.15. The van der Waals surface area contributed by atoms with Crippen LogP contribution in [0.5, 0.6) is 5.75 Å². The van der Waals surface area contributed by atoms with Crippen molar-refractivity contribution < 1.29 is 14.3 Å². The summed E-state index contributed by atoms with van der Waals surface area (Å²) in [5.41, 5.74) is 1.22. The number of esters is 1. The van der Waals surface area contributed by atoms with E-state index in [2.05, 4.69) is 22.1 Å². The SMILES string of the molecule is CCOC(=O)C1CCN(C(=NC)NCCOc2ccc(C)cc2)CC1.I. The minimum atomic E-state index is -0.0726. The Kier molecular flexibility index (Phi) is 10.4. The molecule has 0 radical (unpaired) electrons. The Morgan fingerprint density at radius 3 is 2.50 bits per heavy atom. The molecule has 0 amide bonds. The zero-order valence-electron chi connectivity index (χ0n) is 15.9. The molecule has 2 rings (SSSR count). The number of nitrogens with one attached hydrogen (secondary N) is 1. The fourth-order valence-electron chi connectivity index (χ4n) is 2.89. The number of hydrogen-bond acceptors (Lipinski definition) is 4. The molecule has 1 N–H and O–H groups in total. The summed E-state index contributed by atoms with van der Waals surface area (Å²) in [6, 6.07) is 8.03. The van der Waals surface area contributed by atoms with Crippen LogP contribution in [-0.4, -0.2) is 56.7 Å². The van der Waals surface area contributed by atoms with E-state index in [-0.39, 0.29) is 35.9 Å². The van der Waals surface area contributed by atoms with Crippen LogP contribution in [0.3, 0.4) is 0 Å². The molecule has 26 heavy (non-hydrogen) atoms. The summed E-state index contributed by atoms with van der Waals surface area (Å²) in [7, 11) is 1.78. The molecule has 0 atom stereocenters. The number of piperidine rings is 1. The summed E-state index contributed by atoms with van der Waals surface area (Å²) in [4.78, 5) is 18.3. The molecule has 1 saturated heterocycles. The van der Waals surface area contributed by atoms with Crippen molar-refractivity contribution in [2.24, 2.45) is 10.9 Å². The van der Waals surface area contributed by atoms with Gasteiger partial charge in [-0.1, -0.05) is 17.7 Å². The van der Waals surface area contributed by atoms with Crippen LogP contribution in [-0.2, 0) is 9.53 Å². The van der Waals surface area contributed by atoms with E-state index in [1.54, 1.807) is 7.05 Å². The molecule has 1 aromatic carbocycles. The maximum absolute atomic E-state index is 11.8.